The van der Waals surface area contributed by atoms with Gasteiger partial charge in [0.05, 0.1) is 11.0 Å². The van der Waals surface area contributed by atoms with Crippen LogP contribution < -0.4 is 4.74 Å². The molecule has 0 aliphatic rings. The summed E-state index contributed by atoms with van der Waals surface area (Å²) in [7, 11) is 0. The summed E-state index contributed by atoms with van der Waals surface area (Å²) in [6.45, 7) is 7.25. The van der Waals surface area contributed by atoms with Crippen molar-refractivity contribution >= 4 is 5.97 Å². The van der Waals surface area contributed by atoms with E-state index in [9.17, 15) is 18.0 Å². The van der Waals surface area contributed by atoms with Gasteiger partial charge in [-0.25, -0.2) is 0 Å². The standard InChI is InChI=1S/C14H17F3O2/c1-9(2)13(3,4)12(18)19-11-7-5-10(6-8-11)14(15,16)17/h5-9H,1-4H3. The smallest absolute Gasteiger partial charge is 0.416 e. The van der Waals surface area contributed by atoms with E-state index in [-0.39, 0.29) is 11.7 Å². The quantitative estimate of drug-likeness (QED) is 0.607. The fraction of sp³-hybridized carbons (Fsp3) is 0.500. The van der Waals surface area contributed by atoms with Crippen molar-refractivity contribution in [1.82, 2.24) is 0 Å². The molecular formula is C14H17F3O2. The second-order valence-electron chi connectivity index (χ2n) is 5.29. The number of hydrogen-bond donors (Lipinski definition) is 0. The third-order valence-corrected chi connectivity index (χ3v) is 3.36. The van der Waals surface area contributed by atoms with Gasteiger partial charge < -0.3 is 4.74 Å². The SMILES string of the molecule is CC(C)C(C)(C)C(=O)Oc1ccc(C(F)(F)F)cc1. The lowest BCUT2D eigenvalue weighted by atomic mass is 9.81. The van der Waals surface area contributed by atoms with Gasteiger partial charge in [-0.1, -0.05) is 13.8 Å². The first-order valence-electron chi connectivity index (χ1n) is 5.94. The summed E-state index contributed by atoms with van der Waals surface area (Å²) in [4.78, 5) is 11.9. The van der Waals surface area contributed by atoms with Crippen LogP contribution in [0.3, 0.4) is 0 Å². The highest BCUT2D eigenvalue weighted by molar-refractivity contribution is 5.78. The number of carbonyl (C=O) groups is 1. The van der Waals surface area contributed by atoms with Crippen LogP contribution in [0, 0.1) is 11.3 Å². The van der Waals surface area contributed by atoms with Gasteiger partial charge in [-0.3, -0.25) is 4.79 Å². The van der Waals surface area contributed by atoms with Gasteiger partial charge in [-0.15, -0.1) is 0 Å². The molecular weight excluding hydrogens is 257 g/mol. The van der Waals surface area contributed by atoms with Crippen LogP contribution in [0.15, 0.2) is 24.3 Å². The highest BCUT2D eigenvalue weighted by Crippen LogP contribution is 2.32. The van der Waals surface area contributed by atoms with Crippen molar-refractivity contribution < 1.29 is 22.7 Å². The molecule has 0 fully saturated rings. The topological polar surface area (TPSA) is 26.3 Å². The number of hydrogen-bond acceptors (Lipinski definition) is 2. The van der Waals surface area contributed by atoms with Gasteiger partial charge in [0.15, 0.2) is 0 Å². The van der Waals surface area contributed by atoms with E-state index >= 15 is 0 Å². The average molecular weight is 274 g/mol. The van der Waals surface area contributed by atoms with Crippen molar-refractivity contribution in [2.24, 2.45) is 11.3 Å². The van der Waals surface area contributed by atoms with Crippen molar-refractivity contribution in [3.8, 4) is 5.75 Å². The van der Waals surface area contributed by atoms with E-state index in [0.717, 1.165) is 24.3 Å². The molecule has 0 radical (unpaired) electrons. The van der Waals surface area contributed by atoms with E-state index in [2.05, 4.69) is 0 Å². The maximum Gasteiger partial charge on any atom is 0.416 e. The van der Waals surface area contributed by atoms with E-state index in [4.69, 9.17) is 4.74 Å². The summed E-state index contributed by atoms with van der Waals surface area (Å²) < 4.78 is 42.2. The predicted octanol–water partition coefficient (Wildman–Crippen LogP) is 4.29. The number of rotatable bonds is 3. The Bertz CT molecular complexity index is 445. The molecule has 0 N–H and O–H groups in total. The van der Waals surface area contributed by atoms with Crippen LogP contribution in [0.25, 0.3) is 0 Å². The molecule has 0 heterocycles. The minimum atomic E-state index is -4.39. The summed E-state index contributed by atoms with van der Waals surface area (Å²) >= 11 is 0. The number of halogens is 3. The van der Waals surface area contributed by atoms with Crippen LogP contribution in [-0.4, -0.2) is 5.97 Å². The van der Waals surface area contributed by atoms with Gasteiger partial charge >= 0.3 is 12.1 Å². The molecule has 0 spiro atoms. The normalized spacial score (nSPS) is 12.6. The van der Waals surface area contributed by atoms with Gasteiger partial charge in [-0.2, -0.15) is 13.2 Å². The molecule has 1 rings (SSSR count). The summed E-state index contributed by atoms with van der Waals surface area (Å²) in [6.07, 6.45) is -4.39. The predicted molar refractivity (Wildman–Crippen MR) is 65.7 cm³/mol. The first-order valence-corrected chi connectivity index (χ1v) is 5.94. The Labute approximate surface area is 110 Å². The van der Waals surface area contributed by atoms with Crippen molar-refractivity contribution in [2.75, 3.05) is 0 Å². The Morgan fingerprint density at radius 1 is 1.11 bits per heavy atom. The van der Waals surface area contributed by atoms with E-state index in [1.807, 2.05) is 13.8 Å². The molecule has 0 aliphatic carbocycles. The van der Waals surface area contributed by atoms with Crippen molar-refractivity contribution in [3.05, 3.63) is 29.8 Å². The van der Waals surface area contributed by atoms with Crippen LogP contribution in [0.5, 0.6) is 5.75 Å². The van der Waals surface area contributed by atoms with E-state index in [1.54, 1.807) is 13.8 Å². The molecule has 106 valence electrons. The fourth-order valence-electron chi connectivity index (χ4n) is 1.19. The largest absolute Gasteiger partial charge is 0.426 e. The first-order chi connectivity index (χ1) is 8.55. The van der Waals surface area contributed by atoms with Gasteiger partial charge in [0, 0.05) is 0 Å². The highest BCUT2D eigenvalue weighted by Gasteiger charge is 2.34. The maximum absolute atomic E-state index is 12.4. The third-order valence-electron chi connectivity index (χ3n) is 3.36. The minimum Gasteiger partial charge on any atom is -0.426 e. The highest BCUT2D eigenvalue weighted by atomic mass is 19.4. The molecule has 0 saturated heterocycles. The van der Waals surface area contributed by atoms with Gasteiger partial charge in [0.25, 0.3) is 0 Å². The monoisotopic (exact) mass is 274 g/mol. The molecule has 5 heteroatoms. The third kappa shape index (κ3) is 3.72. The number of alkyl halides is 3. The molecule has 1 aromatic rings. The average Bonchev–Trinajstić information content (AvgIpc) is 2.28. The Balaban J connectivity index is 2.82. The van der Waals surface area contributed by atoms with E-state index in [0.29, 0.717) is 0 Å². The lowest BCUT2D eigenvalue weighted by Crippen LogP contribution is -2.33. The zero-order valence-corrected chi connectivity index (χ0v) is 11.3. The summed E-state index contributed by atoms with van der Waals surface area (Å²) in [6, 6.07) is 4.09. The molecule has 0 saturated carbocycles. The van der Waals surface area contributed by atoms with Gasteiger partial charge in [-0.05, 0) is 44.0 Å². The molecule has 0 aromatic heterocycles. The Hall–Kier alpha value is -1.52. The molecule has 2 nitrogen and oxygen atoms in total. The number of esters is 1. The summed E-state index contributed by atoms with van der Waals surface area (Å²) in [5.41, 5.74) is -1.46. The van der Waals surface area contributed by atoms with Crippen LogP contribution >= 0.6 is 0 Å². The molecule has 0 atom stereocenters. The Morgan fingerprint density at radius 3 is 1.95 bits per heavy atom. The Kier molecular flexibility index (Phi) is 4.28. The molecule has 19 heavy (non-hydrogen) atoms. The molecule has 0 unspecified atom stereocenters. The number of benzene rings is 1. The fourth-order valence-corrected chi connectivity index (χ4v) is 1.19. The maximum atomic E-state index is 12.4. The zero-order chi connectivity index (χ0) is 14.8. The number of ether oxygens (including phenoxy) is 1. The van der Waals surface area contributed by atoms with Crippen molar-refractivity contribution in [1.29, 1.82) is 0 Å². The molecule has 0 bridgehead atoms. The second kappa shape index (κ2) is 5.23. The van der Waals surface area contributed by atoms with E-state index < -0.39 is 23.1 Å². The van der Waals surface area contributed by atoms with Crippen molar-refractivity contribution in [2.45, 2.75) is 33.9 Å². The van der Waals surface area contributed by atoms with Crippen molar-refractivity contribution in [3.63, 3.8) is 0 Å². The molecule has 0 aliphatic heterocycles. The lowest BCUT2D eigenvalue weighted by molar-refractivity contribution is -0.146. The second-order valence-corrected chi connectivity index (χ2v) is 5.29. The van der Waals surface area contributed by atoms with Gasteiger partial charge in [0.2, 0.25) is 0 Å². The van der Waals surface area contributed by atoms with Crippen LogP contribution in [0.2, 0.25) is 0 Å². The summed E-state index contributed by atoms with van der Waals surface area (Å²) in [5.74, 6) is -0.275. The zero-order valence-electron chi connectivity index (χ0n) is 11.3. The Morgan fingerprint density at radius 2 is 1.58 bits per heavy atom. The van der Waals surface area contributed by atoms with Crippen LogP contribution in [0.1, 0.15) is 33.3 Å². The van der Waals surface area contributed by atoms with Crippen LogP contribution in [0.4, 0.5) is 13.2 Å². The lowest BCUT2D eigenvalue weighted by Gasteiger charge is -2.26. The first kappa shape index (κ1) is 15.5. The summed E-state index contributed by atoms with van der Waals surface area (Å²) in [5, 5.41) is 0. The minimum absolute atomic E-state index is 0.0643. The van der Waals surface area contributed by atoms with Gasteiger partial charge in [0.1, 0.15) is 5.75 Å². The molecule has 0 amide bonds. The van der Waals surface area contributed by atoms with E-state index in [1.165, 1.54) is 0 Å². The number of carbonyl (C=O) groups excluding carboxylic acids is 1. The van der Waals surface area contributed by atoms with Crippen LogP contribution in [-0.2, 0) is 11.0 Å². The molecule has 1 aromatic carbocycles.